The molecule has 1 heterocycles. The minimum Gasteiger partial charge on any atom is -0.339 e. The van der Waals surface area contributed by atoms with E-state index >= 15 is 0 Å². The van der Waals surface area contributed by atoms with E-state index in [-0.39, 0.29) is 48.6 Å². The number of hydrogen-bond acceptors (Lipinski definition) is 4. The van der Waals surface area contributed by atoms with Gasteiger partial charge in [0, 0.05) is 31.1 Å². The van der Waals surface area contributed by atoms with Gasteiger partial charge in [-0.05, 0) is 36.4 Å². The van der Waals surface area contributed by atoms with E-state index in [2.05, 4.69) is 0 Å². The molecule has 0 aliphatic carbocycles. The quantitative estimate of drug-likeness (QED) is 0.709. The van der Waals surface area contributed by atoms with E-state index in [0.717, 1.165) is 11.0 Å². The largest absolute Gasteiger partial charge is 0.339 e. The molecular weight excluding hydrogens is 394 g/mol. The lowest BCUT2D eigenvalue weighted by Gasteiger charge is -2.34. The minimum atomic E-state index is -3.92. The van der Waals surface area contributed by atoms with Gasteiger partial charge in [0.05, 0.1) is 5.75 Å². The number of piperazine rings is 1. The summed E-state index contributed by atoms with van der Waals surface area (Å²) < 4.78 is 53.1. The highest BCUT2D eigenvalue weighted by Gasteiger charge is 2.31. The standard InChI is InChI=1S/C18H18F2N2O3S2/c19-14-5-7-15(8-6-14)26-13-18(23)21-9-11-22(12-10-21)27(24,25)17-4-2-1-3-16(17)20/h1-8H,9-13H2. The fourth-order valence-electron chi connectivity index (χ4n) is 2.74. The average molecular weight is 412 g/mol. The Labute approximate surface area is 161 Å². The van der Waals surface area contributed by atoms with Gasteiger partial charge >= 0.3 is 0 Å². The highest BCUT2D eigenvalue weighted by Crippen LogP contribution is 2.22. The minimum absolute atomic E-state index is 0.115. The zero-order chi connectivity index (χ0) is 19.4. The van der Waals surface area contributed by atoms with E-state index in [9.17, 15) is 22.0 Å². The SMILES string of the molecule is O=C(CSc1ccc(F)cc1)N1CCN(S(=O)(=O)c2ccccc2F)CC1. The van der Waals surface area contributed by atoms with Crippen molar-refractivity contribution in [3.63, 3.8) is 0 Å². The number of nitrogens with zero attached hydrogens (tertiary/aromatic N) is 2. The van der Waals surface area contributed by atoms with Gasteiger partial charge in [0.25, 0.3) is 0 Å². The van der Waals surface area contributed by atoms with Crippen molar-refractivity contribution in [3.05, 3.63) is 60.2 Å². The van der Waals surface area contributed by atoms with Crippen molar-refractivity contribution in [2.75, 3.05) is 31.9 Å². The van der Waals surface area contributed by atoms with Crippen LogP contribution in [0.15, 0.2) is 58.3 Å². The smallest absolute Gasteiger partial charge is 0.246 e. The topological polar surface area (TPSA) is 57.7 Å². The van der Waals surface area contributed by atoms with Crippen LogP contribution in [0.2, 0.25) is 0 Å². The van der Waals surface area contributed by atoms with Crippen molar-refractivity contribution in [1.29, 1.82) is 0 Å². The summed E-state index contributed by atoms with van der Waals surface area (Å²) >= 11 is 1.30. The van der Waals surface area contributed by atoms with Crippen molar-refractivity contribution in [3.8, 4) is 0 Å². The number of hydrogen-bond donors (Lipinski definition) is 0. The molecule has 2 aromatic rings. The van der Waals surface area contributed by atoms with E-state index < -0.39 is 15.8 Å². The third-order valence-electron chi connectivity index (χ3n) is 4.22. The van der Waals surface area contributed by atoms with Gasteiger partial charge in [-0.1, -0.05) is 12.1 Å². The monoisotopic (exact) mass is 412 g/mol. The first-order valence-corrected chi connectivity index (χ1v) is 10.7. The molecular formula is C18H18F2N2O3S2. The zero-order valence-electron chi connectivity index (χ0n) is 14.3. The van der Waals surface area contributed by atoms with Crippen LogP contribution < -0.4 is 0 Å². The summed E-state index contributed by atoms with van der Waals surface area (Å²) in [5.41, 5.74) is 0. The predicted octanol–water partition coefficient (Wildman–Crippen LogP) is 2.59. The van der Waals surface area contributed by atoms with E-state index in [0.29, 0.717) is 0 Å². The van der Waals surface area contributed by atoms with Crippen LogP contribution >= 0.6 is 11.8 Å². The molecule has 1 aliphatic rings. The molecule has 0 bridgehead atoms. The Kier molecular flexibility index (Phi) is 6.13. The third-order valence-corrected chi connectivity index (χ3v) is 7.15. The molecule has 0 radical (unpaired) electrons. The highest BCUT2D eigenvalue weighted by atomic mass is 32.2. The second-order valence-electron chi connectivity index (χ2n) is 5.96. The molecule has 0 atom stereocenters. The van der Waals surface area contributed by atoms with Crippen molar-refractivity contribution >= 4 is 27.7 Å². The van der Waals surface area contributed by atoms with Gasteiger partial charge in [-0.25, -0.2) is 17.2 Å². The summed E-state index contributed by atoms with van der Waals surface area (Å²) in [5, 5.41) is 0. The second-order valence-corrected chi connectivity index (χ2v) is 8.91. The maximum absolute atomic E-state index is 13.8. The number of thioether (sulfide) groups is 1. The van der Waals surface area contributed by atoms with Gasteiger partial charge < -0.3 is 4.90 Å². The van der Waals surface area contributed by atoms with E-state index in [1.54, 1.807) is 17.0 Å². The summed E-state index contributed by atoms with van der Waals surface area (Å²) in [5.74, 6) is -1.05. The lowest BCUT2D eigenvalue weighted by Crippen LogP contribution is -2.51. The molecule has 1 aliphatic heterocycles. The van der Waals surface area contributed by atoms with Crippen molar-refractivity contribution in [1.82, 2.24) is 9.21 Å². The number of halogens is 2. The van der Waals surface area contributed by atoms with Crippen LogP contribution in [0.5, 0.6) is 0 Å². The maximum Gasteiger partial charge on any atom is 0.246 e. The predicted molar refractivity (Wildman–Crippen MR) is 98.9 cm³/mol. The molecule has 0 spiro atoms. The Morgan fingerprint density at radius 1 is 0.963 bits per heavy atom. The van der Waals surface area contributed by atoms with Gasteiger partial charge in [0.2, 0.25) is 15.9 Å². The zero-order valence-corrected chi connectivity index (χ0v) is 16.0. The fraction of sp³-hybridized carbons (Fsp3) is 0.278. The van der Waals surface area contributed by atoms with Gasteiger partial charge in [-0.15, -0.1) is 11.8 Å². The Morgan fingerprint density at radius 3 is 2.22 bits per heavy atom. The van der Waals surface area contributed by atoms with E-state index in [1.807, 2.05) is 0 Å². The van der Waals surface area contributed by atoms with Gasteiger partial charge in [0.15, 0.2) is 0 Å². The molecule has 0 N–H and O–H groups in total. The molecule has 1 fully saturated rings. The molecule has 0 saturated carbocycles. The Balaban J connectivity index is 1.56. The molecule has 0 aromatic heterocycles. The number of amides is 1. The summed E-state index contributed by atoms with van der Waals surface area (Å²) in [6, 6.07) is 11.1. The maximum atomic E-state index is 13.8. The van der Waals surface area contributed by atoms with Crippen LogP contribution in [-0.4, -0.2) is 55.5 Å². The Hall–Kier alpha value is -1.97. The second kappa shape index (κ2) is 8.37. The normalized spacial score (nSPS) is 15.7. The third kappa shape index (κ3) is 4.66. The van der Waals surface area contributed by atoms with Crippen molar-refractivity contribution < 1.29 is 22.0 Å². The fourth-order valence-corrected chi connectivity index (χ4v) is 5.03. The number of carbonyl (C=O) groups is 1. The van der Waals surface area contributed by atoms with Crippen LogP contribution in [-0.2, 0) is 14.8 Å². The average Bonchev–Trinajstić information content (AvgIpc) is 2.67. The molecule has 0 unspecified atom stereocenters. The summed E-state index contributed by atoms with van der Waals surface area (Å²) in [4.78, 5) is 14.3. The number of rotatable bonds is 5. The Bertz CT molecular complexity index is 912. The van der Waals surface area contributed by atoms with Crippen molar-refractivity contribution in [2.45, 2.75) is 9.79 Å². The molecule has 9 heteroatoms. The molecule has 3 rings (SSSR count). The first-order chi connectivity index (χ1) is 12.9. The van der Waals surface area contributed by atoms with Crippen LogP contribution in [0.25, 0.3) is 0 Å². The highest BCUT2D eigenvalue weighted by molar-refractivity contribution is 8.00. The lowest BCUT2D eigenvalue weighted by molar-refractivity contribution is -0.129. The van der Waals surface area contributed by atoms with Gasteiger partial charge in [-0.3, -0.25) is 4.79 Å². The van der Waals surface area contributed by atoms with E-state index in [4.69, 9.17) is 0 Å². The Morgan fingerprint density at radius 2 is 1.59 bits per heavy atom. The van der Waals surface area contributed by atoms with Crippen LogP contribution in [0.4, 0.5) is 8.78 Å². The summed E-state index contributed by atoms with van der Waals surface area (Å²) in [6.07, 6.45) is 0. The van der Waals surface area contributed by atoms with Crippen LogP contribution in [0, 0.1) is 11.6 Å². The van der Waals surface area contributed by atoms with Gasteiger partial charge in [-0.2, -0.15) is 4.31 Å². The first kappa shape index (κ1) is 19.8. The molecule has 144 valence electrons. The molecule has 27 heavy (non-hydrogen) atoms. The first-order valence-electron chi connectivity index (χ1n) is 8.29. The number of benzene rings is 2. The lowest BCUT2D eigenvalue weighted by atomic mass is 10.3. The van der Waals surface area contributed by atoms with Crippen LogP contribution in [0.1, 0.15) is 0 Å². The van der Waals surface area contributed by atoms with Crippen LogP contribution in [0.3, 0.4) is 0 Å². The molecule has 1 amide bonds. The molecule has 2 aromatic carbocycles. The summed E-state index contributed by atoms with van der Waals surface area (Å²) in [7, 11) is -3.92. The number of sulfonamides is 1. The van der Waals surface area contributed by atoms with Gasteiger partial charge in [0.1, 0.15) is 16.5 Å². The van der Waals surface area contributed by atoms with Crippen molar-refractivity contribution in [2.24, 2.45) is 0 Å². The summed E-state index contributed by atoms with van der Waals surface area (Å²) in [6.45, 7) is 0.722. The molecule has 5 nitrogen and oxygen atoms in total. The van der Waals surface area contributed by atoms with E-state index in [1.165, 1.54) is 46.4 Å². The number of carbonyl (C=O) groups excluding carboxylic acids is 1. The molecule has 1 saturated heterocycles.